The molecule has 0 atom stereocenters. The van der Waals surface area contributed by atoms with Gasteiger partial charge in [-0.15, -0.1) is 0 Å². The molecule has 2 aromatic rings. The zero-order valence-corrected chi connectivity index (χ0v) is 12.6. The first-order valence-corrected chi connectivity index (χ1v) is 6.86. The number of hydrogen-bond acceptors (Lipinski definition) is 3. The Kier molecular flexibility index (Phi) is 4.74. The van der Waals surface area contributed by atoms with Gasteiger partial charge in [-0.05, 0) is 31.2 Å². The number of halogens is 4. The number of nitrogens with zero attached hydrogens (tertiary/aromatic N) is 2. The second kappa shape index (κ2) is 6.41. The quantitative estimate of drug-likeness (QED) is 0.929. The fourth-order valence-corrected chi connectivity index (χ4v) is 1.95. The Hall–Kier alpha value is -2.35. The summed E-state index contributed by atoms with van der Waals surface area (Å²) in [4.78, 5) is 23.5. The molecule has 1 heterocycles. The SMILES string of the molecule is CCn1nc(C(=O)Nc2cc(C(F)(F)F)ccc2Cl)ccc1=O. The summed E-state index contributed by atoms with van der Waals surface area (Å²) in [6.07, 6.45) is -4.56. The summed E-state index contributed by atoms with van der Waals surface area (Å²) in [6, 6.07) is 4.93. The highest BCUT2D eigenvalue weighted by Crippen LogP contribution is 2.33. The van der Waals surface area contributed by atoms with E-state index in [1.807, 2.05) is 0 Å². The number of hydrogen-bond donors (Lipinski definition) is 1. The van der Waals surface area contributed by atoms with Crippen molar-refractivity contribution in [3.8, 4) is 0 Å². The summed E-state index contributed by atoms with van der Waals surface area (Å²) in [7, 11) is 0. The molecule has 122 valence electrons. The minimum atomic E-state index is -4.56. The van der Waals surface area contributed by atoms with E-state index >= 15 is 0 Å². The third-order valence-corrected chi connectivity index (χ3v) is 3.27. The van der Waals surface area contributed by atoms with Crippen LogP contribution in [0.1, 0.15) is 23.0 Å². The maximum absolute atomic E-state index is 12.7. The molecule has 23 heavy (non-hydrogen) atoms. The number of amides is 1. The van der Waals surface area contributed by atoms with E-state index in [-0.39, 0.29) is 28.5 Å². The number of carbonyl (C=O) groups is 1. The number of benzene rings is 1. The molecule has 0 fully saturated rings. The molecule has 0 aliphatic carbocycles. The van der Waals surface area contributed by atoms with E-state index in [1.54, 1.807) is 6.92 Å². The monoisotopic (exact) mass is 345 g/mol. The van der Waals surface area contributed by atoms with Gasteiger partial charge in [-0.2, -0.15) is 18.3 Å². The van der Waals surface area contributed by atoms with E-state index in [9.17, 15) is 22.8 Å². The van der Waals surface area contributed by atoms with Gasteiger partial charge in [0.2, 0.25) is 0 Å². The second-order valence-electron chi connectivity index (χ2n) is 4.52. The van der Waals surface area contributed by atoms with Gasteiger partial charge in [-0.3, -0.25) is 9.59 Å². The molecule has 9 heteroatoms. The minimum Gasteiger partial charge on any atom is -0.319 e. The van der Waals surface area contributed by atoms with Gasteiger partial charge in [0.15, 0.2) is 0 Å². The molecule has 1 aromatic carbocycles. The number of rotatable bonds is 3. The van der Waals surface area contributed by atoms with Crippen LogP contribution in [-0.4, -0.2) is 15.7 Å². The summed E-state index contributed by atoms with van der Waals surface area (Å²) in [5, 5.41) is 6.03. The van der Waals surface area contributed by atoms with E-state index in [0.717, 1.165) is 28.9 Å². The van der Waals surface area contributed by atoms with Crippen molar-refractivity contribution >= 4 is 23.2 Å². The van der Waals surface area contributed by atoms with Crippen LogP contribution in [0, 0.1) is 0 Å². The maximum Gasteiger partial charge on any atom is 0.416 e. The first-order valence-electron chi connectivity index (χ1n) is 6.48. The van der Waals surface area contributed by atoms with Crippen molar-refractivity contribution in [1.29, 1.82) is 0 Å². The lowest BCUT2D eigenvalue weighted by Crippen LogP contribution is -2.25. The Balaban J connectivity index is 2.32. The van der Waals surface area contributed by atoms with Crippen molar-refractivity contribution in [3.63, 3.8) is 0 Å². The van der Waals surface area contributed by atoms with Crippen LogP contribution < -0.4 is 10.9 Å². The first kappa shape index (κ1) is 17.0. The predicted molar refractivity (Wildman–Crippen MR) is 78.6 cm³/mol. The standard InChI is InChI=1S/C14H11ClF3N3O2/c1-2-21-12(22)6-5-10(20-21)13(23)19-11-7-8(14(16,17)18)3-4-9(11)15/h3-7H,2H2,1H3,(H,19,23). The van der Waals surface area contributed by atoms with Crippen LogP contribution in [0.2, 0.25) is 5.02 Å². The topological polar surface area (TPSA) is 64.0 Å². The van der Waals surface area contributed by atoms with Gasteiger partial charge >= 0.3 is 6.18 Å². The van der Waals surface area contributed by atoms with Crippen LogP contribution in [0.5, 0.6) is 0 Å². The van der Waals surface area contributed by atoms with Gasteiger partial charge in [-0.25, -0.2) is 4.68 Å². The summed E-state index contributed by atoms with van der Waals surface area (Å²) in [5.74, 6) is -0.770. The van der Waals surface area contributed by atoms with E-state index in [1.165, 1.54) is 6.07 Å². The van der Waals surface area contributed by atoms with E-state index < -0.39 is 17.6 Å². The van der Waals surface area contributed by atoms with Crippen LogP contribution in [0.3, 0.4) is 0 Å². The fourth-order valence-electron chi connectivity index (χ4n) is 1.78. The van der Waals surface area contributed by atoms with Crippen molar-refractivity contribution in [3.05, 3.63) is 57.0 Å². The number of alkyl halides is 3. The average Bonchev–Trinajstić information content (AvgIpc) is 2.48. The zero-order valence-electron chi connectivity index (χ0n) is 11.8. The molecule has 0 unspecified atom stereocenters. The van der Waals surface area contributed by atoms with Crippen molar-refractivity contribution in [2.45, 2.75) is 19.6 Å². The maximum atomic E-state index is 12.7. The van der Waals surface area contributed by atoms with E-state index in [4.69, 9.17) is 11.6 Å². The third-order valence-electron chi connectivity index (χ3n) is 2.94. The van der Waals surface area contributed by atoms with Crippen LogP contribution in [-0.2, 0) is 12.7 Å². The van der Waals surface area contributed by atoms with Crippen molar-refractivity contribution in [2.24, 2.45) is 0 Å². The molecule has 0 saturated heterocycles. The van der Waals surface area contributed by atoms with Crippen LogP contribution in [0.25, 0.3) is 0 Å². The lowest BCUT2D eigenvalue weighted by atomic mass is 10.2. The molecule has 0 aliphatic rings. The molecule has 1 amide bonds. The van der Waals surface area contributed by atoms with E-state index in [0.29, 0.717) is 0 Å². The Labute approximate surface area is 133 Å². The Morgan fingerprint density at radius 3 is 2.61 bits per heavy atom. The number of nitrogens with one attached hydrogen (secondary N) is 1. The normalized spacial score (nSPS) is 11.3. The highest BCUT2D eigenvalue weighted by molar-refractivity contribution is 6.33. The Bertz CT molecular complexity index is 803. The number of aromatic nitrogens is 2. The summed E-state index contributed by atoms with van der Waals surface area (Å²) < 4.78 is 39.1. The van der Waals surface area contributed by atoms with Gasteiger partial charge in [0.25, 0.3) is 11.5 Å². The van der Waals surface area contributed by atoms with Crippen LogP contribution >= 0.6 is 11.6 Å². The smallest absolute Gasteiger partial charge is 0.319 e. The molecule has 0 aliphatic heterocycles. The molecule has 1 aromatic heterocycles. The van der Waals surface area contributed by atoms with Crippen molar-refractivity contribution in [2.75, 3.05) is 5.32 Å². The summed E-state index contributed by atoms with van der Waals surface area (Å²) >= 11 is 5.80. The second-order valence-corrected chi connectivity index (χ2v) is 4.93. The summed E-state index contributed by atoms with van der Waals surface area (Å²) in [6.45, 7) is 1.92. The Morgan fingerprint density at radius 2 is 2.00 bits per heavy atom. The number of aryl methyl sites for hydroxylation is 1. The first-order chi connectivity index (χ1) is 10.7. The molecule has 0 radical (unpaired) electrons. The van der Waals surface area contributed by atoms with Gasteiger partial charge in [-0.1, -0.05) is 11.6 Å². The molecular formula is C14H11ClF3N3O2. The van der Waals surface area contributed by atoms with Crippen molar-refractivity contribution in [1.82, 2.24) is 9.78 Å². The van der Waals surface area contributed by atoms with Crippen LogP contribution in [0.4, 0.5) is 18.9 Å². The average molecular weight is 346 g/mol. The van der Waals surface area contributed by atoms with Gasteiger partial charge in [0, 0.05) is 12.6 Å². The van der Waals surface area contributed by atoms with Gasteiger partial charge in [0.1, 0.15) is 5.69 Å². The molecule has 0 saturated carbocycles. The molecule has 1 N–H and O–H groups in total. The highest BCUT2D eigenvalue weighted by atomic mass is 35.5. The van der Waals surface area contributed by atoms with Gasteiger partial charge in [0.05, 0.1) is 16.3 Å². The summed E-state index contributed by atoms with van der Waals surface area (Å²) in [5.41, 5.74) is -1.63. The molecular weight excluding hydrogens is 335 g/mol. The van der Waals surface area contributed by atoms with Crippen molar-refractivity contribution < 1.29 is 18.0 Å². The van der Waals surface area contributed by atoms with E-state index in [2.05, 4.69) is 10.4 Å². The molecule has 2 rings (SSSR count). The molecule has 5 nitrogen and oxygen atoms in total. The zero-order chi connectivity index (χ0) is 17.2. The fraction of sp³-hybridized carbons (Fsp3) is 0.214. The minimum absolute atomic E-state index is 0.0461. The predicted octanol–water partition coefficient (Wildman–Crippen LogP) is 3.19. The highest BCUT2D eigenvalue weighted by Gasteiger charge is 2.31. The molecule has 0 bridgehead atoms. The number of anilines is 1. The lowest BCUT2D eigenvalue weighted by Gasteiger charge is -2.11. The third kappa shape index (κ3) is 3.89. The van der Waals surface area contributed by atoms with Crippen LogP contribution in [0.15, 0.2) is 35.1 Å². The lowest BCUT2D eigenvalue weighted by molar-refractivity contribution is -0.137. The number of carbonyl (C=O) groups excluding carboxylic acids is 1. The molecule has 0 spiro atoms. The largest absolute Gasteiger partial charge is 0.416 e. The Morgan fingerprint density at radius 1 is 1.30 bits per heavy atom. The van der Waals surface area contributed by atoms with Gasteiger partial charge < -0.3 is 5.32 Å².